The molecule has 3 aromatic rings. The van der Waals surface area contributed by atoms with Crippen molar-refractivity contribution in [1.29, 1.82) is 0 Å². The quantitative estimate of drug-likeness (QED) is 0.335. The Morgan fingerprint density at radius 3 is 2.60 bits per heavy atom. The third-order valence-corrected chi connectivity index (χ3v) is 5.26. The summed E-state index contributed by atoms with van der Waals surface area (Å²) in [4.78, 5) is 17.2. The van der Waals surface area contributed by atoms with E-state index in [-0.39, 0.29) is 33.8 Å². The molecule has 0 atom stereocenters. The molecule has 3 rings (SSSR count). The van der Waals surface area contributed by atoms with Gasteiger partial charge >= 0.3 is 0 Å². The second kappa shape index (κ2) is 9.13. The van der Waals surface area contributed by atoms with Crippen molar-refractivity contribution in [1.82, 2.24) is 9.55 Å². The van der Waals surface area contributed by atoms with Gasteiger partial charge in [0.05, 0.1) is 5.69 Å². The molecule has 0 radical (unpaired) electrons. The van der Waals surface area contributed by atoms with E-state index in [1.807, 2.05) is 0 Å². The first-order valence-corrected chi connectivity index (χ1v) is 10.2. The number of rotatable bonds is 6. The molecule has 1 aromatic heterocycles. The number of halogens is 3. The highest BCUT2D eigenvalue weighted by atomic mass is 35.5. The predicted octanol–water partition coefficient (Wildman–Crippen LogP) is 3.76. The van der Waals surface area contributed by atoms with E-state index in [9.17, 15) is 23.8 Å². The monoisotopic (exact) mass is 454 g/mol. The summed E-state index contributed by atoms with van der Waals surface area (Å²) in [5, 5.41) is 18.8. The summed E-state index contributed by atoms with van der Waals surface area (Å²) < 4.78 is 33.6. The first kappa shape index (κ1) is 22.2. The van der Waals surface area contributed by atoms with Crippen molar-refractivity contribution in [2.24, 2.45) is 0 Å². The number of thioether (sulfide) groups is 1. The van der Waals surface area contributed by atoms with Gasteiger partial charge in [0.25, 0.3) is 5.56 Å². The lowest BCUT2D eigenvalue weighted by Gasteiger charge is -2.17. The van der Waals surface area contributed by atoms with E-state index in [0.717, 1.165) is 23.9 Å². The normalized spacial score (nSPS) is 11.2. The molecule has 0 aliphatic heterocycles. The molecule has 2 N–H and O–H groups in total. The van der Waals surface area contributed by atoms with Crippen molar-refractivity contribution >= 4 is 23.4 Å². The summed E-state index contributed by atoms with van der Waals surface area (Å²) in [6, 6.07) is 7.66. The second-order valence-electron chi connectivity index (χ2n) is 6.30. The largest absolute Gasteiger partial charge is 0.471 e. The van der Waals surface area contributed by atoms with Crippen LogP contribution >= 0.6 is 23.4 Å². The number of ether oxygens (including phenoxy) is 1. The number of hydrogen-bond donors (Lipinski definition) is 2. The lowest BCUT2D eigenvalue weighted by Crippen LogP contribution is -2.24. The molecule has 0 spiro atoms. The Kier molecular flexibility index (Phi) is 6.77. The number of aromatic nitrogens is 2. The van der Waals surface area contributed by atoms with Crippen LogP contribution in [-0.4, -0.2) is 26.0 Å². The summed E-state index contributed by atoms with van der Waals surface area (Å²) >= 11 is 7.32. The highest BCUT2D eigenvalue weighted by Crippen LogP contribution is 2.27. The molecule has 0 saturated heterocycles. The van der Waals surface area contributed by atoms with E-state index in [1.165, 1.54) is 22.8 Å². The molecule has 0 aliphatic rings. The minimum absolute atomic E-state index is 0.0737. The van der Waals surface area contributed by atoms with Crippen LogP contribution in [0.4, 0.5) is 8.78 Å². The Morgan fingerprint density at radius 1 is 1.23 bits per heavy atom. The van der Waals surface area contributed by atoms with Gasteiger partial charge in [-0.05, 0) is 36.9 Å². The van der Waals surface area contributed by atoms with E-state index < -0.39 is 23.5 Å². The van der Waals surface area contributed by atoms with E-state index in [2.05, 4.69) is 4.98 Å². The molecule has 30 heavy (non-hydrogen) atoms. The van der Waals surface area contributed by atoms with Gasteiger partial charge in [-0.15, -0.1) is 0 Å². The summed E-state index contributed by atoms with van der Waals surface area (Å²) in [5.74, 6) is -1.70. The fourth-order valence-electron chi connectivity index (χ4n) is 2.72. The van der Waals surface area contributed by atoms with Crippen molar-refractivity contribution in [2.75, 3.05) is 6.26 Å². The molecule has 6 nitrogen and oxygen atoms in total. The van der Waals surface area contributed by atoms with Crippen LogP contribution in [0.3, 0.4) is 0 Å². The predicted molar refractivity (Wildman–Crippen MR) is 109 cm³/mol. The molecule has 2 aromatic carbocycles. The molecule has 0 fully saturated rings. The Bertz CT molecular complexity index is 1150. The minimum atomic E-state index is -1.71. The topological polar surface area (TPSA) is 84.6 Å². The van der Waals surface area contributed by atoms with Crippen molar-refractivity contribution in [3.8, 4) is 11.6 Å². The van der Waals surface area contributed by atoms with Gasteiger partial charge in [-0.1, -0.05) is 35.5 Å². The highest BCUT2D eigenvalue weighted by Gasteiger charge is 2.20. The molecule has 158 valence electrons. The van der Waals surface area contributed by atoms with Crippen LogP contribution < -0.4 is 10.3 Å². The molecule has 0 saturated carbocycles. The molecular weight excluding hydrogens is 438 g/mol. The summed E-state index contributed by atoms with van der Waals surface area (Å²) in [6.45, 7) is 1.44. The first-order chi connectivity index (χ1) is 14.2. The standard InChI is InChI=1S/C20H17ClF2N2O4S/c1-10-3-4-11(19(27)28)7-15(10)25-18(26)16(21)17(24-20(25)30-2)29-9-12-5-6-13(22)8-14(12)23/h3-8,19,27-28H,9H2,1-2H3. The Balaban J connectivity index is 2.04. The summed E-state index contributed by atoms with van der Waals surface area (Å²) in [5.41, 5.74) is 0.679. The average molecular weight is 455 g/mol. The van der Waals surface area contributed by atoms with Crippen molar-refractivity contribution < 1.29 is 23.7 Å². The zero-order valence-corrected chi connectivity index (χ0v) is 17.5. The van der Waals surface area contributed by atoms with E-state index in [1.54, 1.807) is 19.2 Å². The Labute approximate surface area is 179 Å². The molecule has 0 aliphatic carbocycles. The number of benzene rings is 2. The van der Waals surface area contributed by atoms with Crippen molar-refractivity contribution in [3.05, 3.63) is 80.1 Å². The number of aliphatic hydroxyl groups is 2. The number of aryl methyl sites for hydroxylation is 1. The number of aliphatic hydroxyl groups excluding tert-OH is 1. The molecule has 0 amide bonds. The maximum Gasteiger partial charge on any atom is 0.281 e. The van der Waals surface area contributed by atoms with Gasteiger partial charge in [-0.25, -0.2) is 8.78 Å². The van der Waals surface area contributed by atoms with Crippen LogP contribution in [0.1, 0.15) is 23.0 Å². The molecule has 0 bridgehead atoms. The van der Waals surface area contributed by atoms with E-state index in [0.29, 0.717) is 11.3 Å². The molecule has 1 heterocycles. The summed E-state index contributed by atoms with van der Waals surface area (Å²) in [6.07, 6.45) is -0.0233. The maximum atomic E-state index is 13.8. The van der Waals surface area contributed by atoms with Gasteiger partial charge in [0.15, 0.2) is 16.5 Å². The SMILES string of the molecule is CSc1nc(OCc2ccc(F)cc2F)c(Cl)c(=O)n1-c1cc(C(O)O)ccc1C. The van der Waals surface area contributed by atoms with Crippen LogP contribution in [0.25, 0.3) is 5.69 Å². The second-order valence-corrected chi connectivity index (χ2v) is 7.45. The zero-order valence-electron chi connectivity index (χ0n) is 15.9. The van der Waals surface area contributed by atoms with Gasteiger partial charge in [-0.2, -0.15) is 4.98 Å². The zero-order chi connectivity index (χ0) is 22.0. The van der Waals surface area contributed by atoms with Gasteiger partial charge in [0.1, 0.15) is 18.2 Å². The summed E-state index contributed by atoms with van der Waals surface area (Å²) in [7, 11) is 0. The maximum absolute atomic E-state index is 13.8. The molecule has 0 unspecified atom stereocenters. The lowest BCUT2D eigenvalue weighted by molar-refractivity contribution is -0.0425. The highest BCUT2D eigenvalue weighted by molar-refractivity contribution is 7.98. The molecular formula is C20H17ClF2N2O4S. The van der Waals surface area contributed by atoms with Gasteiger partial charge in [0.2, 0.25) is 5.88 Å². The average Bonchev–Trinajstić information content (AvgIpc) is 2.70. The first-order valence-electron chi connectivity index (χ1n) is 8.63. The van der Waals surface area contributed by atoms with E-state index >= 15 is 0 Å². The van der Waals surface area contributed by atoms with Crippen LogP contribution in [-0.2, 0) is 6.61 Å². The Morgan fingerprint density at radius 2 is 1.97 bits per heavy atom. The third kappa shape index (κ3) is 4.49. The van der Waals surface area contributed by atoms with Crippen LogP contribution in [0.5, 0.6) is 5.88 Å². The van der Waals surface area contributed by atoms with Gasteiger partial charge in [0, 0.05) is 17.2 Å². The fraction of sp³-hybridized carbons (Fsp3) is 0.200. The van der Waals surface area contributed by atoms with Gasteiger partial charge < -0.3 is 14.9 Å². The van der Waals surface area contributed by atoms with Crippen molar-refractivity contribution in [3.63, 3.8) is 0 Å². The lowest BCUT2D eigenvalue weighted by atomic mass is 10.1. The van der Waals surface area contributed by atoms with Crippen LogP contribution in [0, 0.1) is 18.6 Å². The third-order valence-electron chi connectivity index (χ3n) is 4.30. The van der Waals surface area contributed by atoms with Gasteiger partial charge in [-0.3, -0.25) is 9.36 Å². The van der Waals surface area contributed by atoms with E-state index in [4.69, 9.17) is 16.3 Å². The Hall–Kier alpha value is -2.46. The fourth-order valence-corrected chi connectivity index (χ4v) is 3.44. The van der Waals surface area contributed by atoms with Crippen molar-refractivity contribution in [2.45, 2.75) is 25.0 Å². The van der Waals surface area contributed by atoms with Crippen LogP contribution in [0.2, 0.25) is 5.02 Å². The smallest absolute Gasteiger partial charge is 0.281 e. The molecule has 10 heteroatoms. The number of nitrogens with zero attached hydrogens (tertiary/aromatic N) is 2. The number of hydrogen-bond acceptors (Lipinski definition) is 6. The minimum Gasteiger partial charge on any atom is -0.471 e. The van der Waals surface area contributed by atoms with Crippen LogP contribution in [0.15, 0.2) is 46.3 Å².